The van der Waals surface area contributed by atoms with E-state index in [2.05, 4.69) is 48.2 Å². The van der Waals surface area contributed by atoms with Gasteiger partial charge in [0.05, 0.1) is 5.56 Å². The number of ether oxygens (including phenoxy) is 3. The molecule has 0 unspecified atom stereocenters. The molecule has 0 radical (unpaired) electrons. The number of rotatable bonds is 9. The van der Waals surface area contributed by atoms with E-state index < -0.39 is 5.97 Å². The topological polar surface area (TPSA) is 44.8 Å². The lowest BCUT2D eigenvalue weighted by Gasteiger charge is -2.10. The number of hydrogen-bond donors (Lipinski definition) is 0. The van der Waals surface area contributed by atoms with Gasteiger partial charge in [-0.2, -0.15) is 0 Å². The molecule has 4 nitrogen and oxygen atoms in total. The molecule has 196 valence electrons. The SMILES string of the molecule is O=C(Oc1ccc(OCOc2ccc(CCc3ccccc3)cc2)cc1)c1ccc(C#Cc2ccccc2)cc1. The zero-order valence-corrected chi connectivity index (χ0v) is 22.0. The predicted molar refractivity (Wildman–Crippen MR) is 157 cm³/mol. The number of aryl methyl sites for hydroxylation is 2. The average Bonchev–Trinajstić information content (AvgIpc) is 3.02. The van der Waals surface area contributed by atoms with E-state index in [0.717, 1.165) is 29.7 Å². The maximum Gasteiger partial charge on any atom is 0.343 e. The van der Waals surface area contributed by atoms with Crippen LogP contribution in [0.2, 0.25) is 0 Å². The largest absolute Gasteiger partial charge is 0.458 e. The van der Waals surface area contributed by atoms with Crippen LogP contribution in [0.4, 0.5) is 0 Å². The smallest absolute Gasteiger partial charge is 0.343 e. The second-order valence-corrected chi connectivity index (χ2v) is 9.09. The summed E-state index contributed by atoms with van der Waals surface area (Å²) in [7, 11) is 0. The molecule has 0 saturated heterocycles. The summed E-state index contributed by atoms with van der Waals surface area (Å²) in [5.74, 6) is 7.54. The van der Waals surface area contributed by atoms with Crippen molar-refractivity contribution in [2.75, 3.05) is 6.79 Å². The van der Waals surface area contributed by atoms with Gasteiger partial charge in [0.25, 0.3) is 0 Å². The molecule has 0 saturated carbocycles. The van der Waals surface area contributed by atoms with Crippen LogP contribution in [0.3, 0.4) is 0 Å². The fraction of sp³-hybridized carbons (Fsp3) is 0.0833. The van der Waals surface area contributed by atoms with Crippen molar-refractivity contribution < 1.29 is 19.0 Å². The number of benzene rings is 5. The van der Waals surface area contributed by atoms with Crippen molar-refractivity contribution in [2.24, 2.45) is 0 Å². The maximum atomic E-state index is 12.5. The summed E-state index contributed by atoms with van der Waals surface area (Å²) in [6.45, 7) is 0.0714. The Morgan fingerprint density at radius 1 is 0.500 bits per heavy atom. The van der Waals surface area contributed by atoms with E-state index in [0.29, 0.717) is 17.1 Å². The second kappa shape index (κ2) is 13.5. The standard InChI is InChI=1S/C36H28O4/c37-36(32-19-15-30(16-20-32)13-11-28-7-3-1-4-8-28)40-35-25-23-34(24-26-35)39-27-38-33-21-17-31(18-22-33)14-12-29-9-5-2-6-10-29/h1-10,15-26H,12,14,27H2. The maximum absolute atomic E-state index is 12.5. The average molecular weight is 525 g/mol. The van der Waals surface area contributed by atoms with Crippen molar-refractivity contribution in [3.05, 3.63) is 161 Å². The van der Waals surface area contributed by atoms with Crippen molar-refractivity contribution in [1.82, 2.24) is 0 Å². The fourth-order valence-electron chi connectivity index (χ4n) is 3.98. The summed E-state index contributed by atoms with van der Waals surface area (Å²) in [5.41, 5.74) is 4.80. The van der Waals surface area contributed by atoms with Gasteiger partial charge in [-0.3, -0.25) is 0 Å². The third-order valence-corrected chi connectivity index (χ3v) is 6.20. The van der Waals surface area contributed by atoms with E-state index in [1.807, 2.05) is 60.7 Å². The van der Waals surface area contributed by atoms with Gasteiger partial charge < -0.3 is 14.2 Å². The molecule has 0 aliphatic carbocycles. The number of esters is 1. The molecule has 0 N–H and O–H groups in total. The van der Waals surface area contributed by atoms with Crippen LogP contribution in [0.15, 0.2) is 133 Å². The van der Waals surface area contributed by atoms with E-state index in [1.165, 1.54) is 11.1 Å². The Balaban J connectivity index is 1.05. The highest BCUT2D eigenvalue weighted by molar-refractivity contribution is 5.91. The highest BCUT2D eigenvalue weighted by atomic mass is 16.7. The molecule has 0 aliphatic rings. The second-order valence-electron chi connectivity index (χ2n) is 9.09. The Morgan fingerprint density at radius 2 is 0.975 bits per heavy atom. The first-order valence-corrected chi connectivity index (χ1v) is 13.1. The van der Waals surface area contributed by atoms with Crippen molar-refractivity contribution in [1.29, 1.82) is 0 Å². The molecule has 0 amide bonds. The lowest BCUT2D eigenvalue weighted by atomic mass is 10.0. The molecule has 0 aromatic heterocycles. The van der Waals surface area contributed by atoms with Gasteiger partial charge in [-0.15, -0.1) is 0 Å². The molecule has 0 spiro atoms. The molecule has 5 aromatic rings. The first-order chi connectivity index (χ1) is 19.7. The van der Waals surface area contributed by atoms with Crippen LogP contribution < -0.4 is 14.2 Å². The Labute approximate surface area is 234 Å². The summed E-state index contributed by atoms with van der Waals surface area (Å²) >= 11 is 0. The lowest BCUT2D eigenvalue weighted by molar-refractivity contribution is 0.0734. The van der Waals surface area contributed by atoms with Crippen LogP contribution in [0.5, 0.6) is 17.2 Å². The van der Waals surface area contributed by atoms with Crippen molar-refractivity contribution >= 4 is 5.97 Å². The van der Waals surface area contributed by atoms with E-state index >= 15 is 0 Å². The van der Waals surface area contributed by atoms with Crippen LogP contribution >= 0.6 is 0 Å². The summed E-state index contributed by atoms with van der Waals surface area (Å²) in [4.78, 5) is 12.5. The van der Waals surface area contributed by atoms with Crippen LogP contribution in [0.25, 0.3) is 0 Å². The molecule has 0 atom stereocenters. The molecule has 0 bridgehead atoms. The minimum atomic E-state index is -0.438. The van der Waals surface area contributed by atoms with Gasteiger partial charge in [0.1, 0.15) is 17.2 Å². The highest BCUT2D eigenvalue weighted by Gasteiger charge is 2.09. The van der Waals surface area contributed by atoms with Crippen LogP contribution in [0, 0.1) is 11.8 Å². The van der Waals surface area contributed by atoms with E-state index in [-0.39, 0.29) is 6.79 Å². The van der Waals surface area contributed by atoms with E-state index in [9.17, 15) is 4.79 Å². The molecule has 0 heterocycles. The van der Waals surface area contributed by atoms with Crippen LogP contribution in [0.1, 0.15) is 32.6 Å². The first-order valence-electron chi connectivity index (χ1n) is 13.1. The molecular weight excluding hydrogens is 496 g/mol. The normalized spacial score (nSPS) is 10.2. The fourth-order valence-corrected chi connectivity index (χ4v) is 3.98. The molecule has 0 aliphatic heterocycles. The van der Waals surface area contributed by atoms with Gasteiger partial charge >= 0.3 is 5.97 Å². The number of carbonyl (C=O) groups excluding carboxylic acids is 1. The first kappa shape index (κ1) is 26.3. The third kappa shape index (κ3) is 7.86. The molecule has 4 heteroatoms. The van der Waals surface area contributed by atoms with Crippen molar-refractivity contribution in [3.8, 4) is 29.1 Å². The zero-order valence-electron chi connectivity index (χ0n) is 22.0. The Hall–Kier alpha value is -5.27. The van der Waals surface area contributed by atoms with Crippen LogP contribution in [-0.2, 0) is 12.8 Å². The lowest BCUT2D eigenvalue weighted by Crippen LogP contribution is -2.08. The molecule has 5 rings (SSSR count). The van der Waals surface area contributed by atoms with Gasteiger partial charge in [0, 0.05) is 11.1 Å². The summed E-state index contributed by atoms with van der Waals surface area (Å²) < 4.78 is 16.9. The number of hydrogen-bond acceptors (Lipinski definition) is 4. The predicted octanol–water partition coefficient (Wildman–Crippen LogP) is 7.51. The zero-order chi connectivity index (χ0) is 27.4. The molecule has 0 fully saturated rings. The van der Waals surface area contributed by atoms with Crippen molar-refractivity contribution in [3.63, 3.8) is 0 Å². The Bertz CT molecular complexity index is 1560. The Morgan fingerprint density at radius 3 is 1.57 bits per heavy atom. The Kier molecular flexibility index (Phi) is 8.89. The van der Waals surface area contributed by atoms with Crippen molar-refractivity contribution in [2.45, 2.75) is 12.8 Å². The highest BCUT2D eigenvalue weighted by Crippen LogP contribution is 2.20. The minimum Gasteiger partial charge on any atom is -0.458 e. The van der Waals surface area contributed by atoms with E-state index in [4.69, 9.17) is 14.2 Å². The molecule has 40 heavy (non-hydrogen) atoms. The van der Waals surface area contributed by atoms with Gasteiger partial charge in [-0.05, 0) is 96.8 Å². The molecule has 5 aromatic carbocycles. The number of carbonyl (C=O) groups is 1. The summed E-state index contributed by atoms with van der Waals surface area (Å²) in [6.07, 6.45) is 1.98. The monoisotopic (exact) mass is 524 g/mol. The third-order valence-electron chi connectivity index (χ3n) is 6.20. The summed E-state index contributed by atoms with van der Waals surface area (Å²) in [6, 6.07) is 42.2. The molecular formula is C36H28O4. The van der Waals surface area contributed by atoms with Gasteiger partial charge in [-0.1, -0.05) is 72.5 Å². The minimum absolute atomic E-state index is 0.0714. The summed E-state index contributed by atoms with van der Waals surface area (Å²) in [5, 5.41) is 0. The van der Waals surface area contributed by atoms with E-state index in [1.54, 1.807) is 36.4 Å². The van der Waals surface area contributed by atoms with Gasteiger partial charge in [-0.25, -0.2) is 4.79 Å². The van der Waals surface area contributed by atoms with Gasteiger partial charge in [0.15, 0.2) is 0 Å². The van der Waals surface area contributed by atoms with Gasteiger partial charge in [0.2, 0.25) is 6.79 Å². The van der Waals surface area contributed by atoms with Crippen LogP contribution in [-0.4, -0.2) is 12.8 Å². The quantitative estimate of drug-likeness (QED) is 0.0867.